The summed E-state index contributed by atoms with van der Waals surface area (Å²) < 4.78 is 4.31. The largest absolute Gasteiger partial charge is 0.396 e. The number of aliphatic hydroxyl groups is 3. The van der Waals surface area contributed by atoms with Crippen molar-refractivity contribution in [2.45, 2.75) is 12.4 Å². The van der Waals surface area contributed by atoms with Crippen LogP contribution in [0.4, 0.5) is 0 Å². The average molecular weight is 135 g/mol. The van der Waals surface area contributed by atoms with E-state index in [2.05, 4.69) is 11.7 Å². The summed E-state index contributed by atoms with van der Waals surface area (Å²) in [4.78, 5) is 0. The second-order valence-electron chi connectivity index (χ2n) is 1.67. The van der Waals surface area contributed by atoms with Crippen LogP contribution in [0.15, 0.2) is 0 Å². The fourth-order valence-corrected chi connectivity index (χ4v) is 0.300. The van der Waals surface area contributed by atoms with Gasteiger partial charge in [-0.05, 0) is 6.42 Å². The first-order valence-electron chi connectivity index (χ1n) is 2.61. The van der Waals surface area contributed by atoms with E-state index in [1.165, 1.54) is 0 Å². The Balaban J connectivity index is 3.07. The molecular weight excluding hydrogens is 124 g/mol. The van der Waals surface area contributed by atoms with E-state index in [0.29, 0.717) is 6.42 Å². The summed E-state index contributed by atoms with van der Waals surface area (Å²) in [6.45, 7) is 2.91. The van der Waals surface area contributed by atoms with Gasteiger partial charge >= 0.3 is 0 Å². The van der Waals surface area contributed by atoms with Gasteiger partial charge in [-0.15, -0.1) is 0 Å². The predicted molar refractivity (Wildman–Crippen MR) is 30.2 cm³/mol. The molecule has 0 aliphatic heterocycles. The Labute approximate surface area is 53.7 Å². The lowest BCUT2D eigenvalue weighted by Gasteiger charge is -2.14. The van der Waals surface area contributed by atoms with E-state index in [-0.39, 0.29) is 13.2 Å². The van der Waals surface area contributed by atoms with Gasteiger partial charge in [0, 0.05) is 13.5 Å². The molecule has 3 N–H and O–H groups in total. The molecule has 0 rings (SSSR count). The third-order valence-corrected chi connectivity index (χ3v) is 0.636. The third-order valence-electron chi connectivity index (χ3n) is 0.636. The van der Waals surface area contributed by atoms with Crippen LogP contribution in [0.3, 0.4) is 0 Å². The van der Waals surface area contributed by atoms with E-state index >= 15 is 0 Å². The Morgan fingerprint density at radius 1 is 1.44 bits per heavy atom. The standard InChI is InChI=1S/C5H11O4/c1-5(7,8)9-4-2-3-6/h6-8H,1-4H2. The first-order chi connectivity index (χ1) is 4.06. The molecule has 0 aromatic carbocycles. The molecule has 0 aromatic heterocycles. The van der Waals surface area contributed by atoms with Crippen molar-refractivity contribution in [2.24, 2.45) is 0 Å². The quantitative estimate of drug-likeness (QED) is 0.336. The summed E-state index contributed by atoms with van der Waals surface area (Å²) in [5, 5.41) is 25.0. The highest BCUT2D eigenvalue weighted by Crippen LogP contribution is 1.98. The Morgan fingerprint density at radius 2 is 2.00 bits per heavy atom. The molecule has 0 aliphatic carbocycles. The highest BCUT2D eigenvalue weighted by molar-refractivity contribution is 4.50. The summed E-state index contributed by atoms with van der Waals surface area (Å²) in [5.41, 5.74) is 0. The van der Waals surface area contributed by atoms with E-state index in [1.807, 2.05) is 0 Å². The van der Waals surface area contributed by atoms with Crippen molar-refractivity contribution in [1.82, 2.24) is 0 Å². The maximum Gasteiger partial charge on any atom is 0.278 e. The van der Waals surface area contributed by atoms with Crippen LogP contribution in [0.2, 0.25) is 0 Å². The van der Waals surface area contributed by atoms with Gasteiger partial charge in [0.25, 0.3) is 5.97 Å². The van der Waals surface area contributed by atoms with Gasteiger partial charge in [0.1, 0.15) is 0 Å². The summed E-state index contributed by atoms with van der Waals surface area (Å²) in [6, 6.07) is 0. The van der Waals surface area contributed by atoms with Gasteiger partial charge in [-0.1, -0.05) is 0 Å². The number of hydrogen-bond acceptors (Lipinski definition) is 4. The Morgan fingerprint density at radius 3 is 2.33 bits per heavy atom. The molecule has 0 fully saturated rings. The zero-order chi connectivity index (χ0) is 7.33. The van der Waals surface area contributed by atoms with E-state index < -0.39 is 5.97 Å². The maximum absolute atomic E-state index is 8.38. The zero-order valence-electron chi connectivity index (χ0n) is 5.08. The van der Waals surface area contributed by atoms with Gasteiger partial charge in [0.05, 0.1) is 6.61 Å². The van der Waals surface area contributed by atoms with Crippen LogP contribution >= 0.6 is 0 Å². The summed E-state index contributed by atoms with van der Waals surface area (Å²) in [6.07, 6.45) is 0.373. The number of aliphatic hydroxyl groups excluding tert-OH is 1. The molecule has 0 bridgehead atoms. The first-order valence-corrected chi connectivity index (χ1v) is 2.61. The zero-order valence-corrected chi connectivity index (χ0v) is 5.08. The second kappa shape index (κ2) is 3.79. The van der Waals surface area contributed by atoms with E-state index in [9.17, 15) is 0 Å². The van der Waals surface area contributed by atoms with Crippen molar-refractivity contribution in [3.63, 3.8) is 0 Å². The minimum absolute atomic E-state index is 0.0317. The fraction of sp³-hybridized carbons (Fsp3) is 0.800. The molecule has 0 saturated heterocycles. The molecule has 4 nitrogen and oxygen atoms in total. The molecule has 1 radical (unpaired) electrons. The van der Waals surface area contributed by atoms with Crippen molar-refractivity contribution in [1.29, 1.82) is 0 Å². The van der Waals surface area contributed by atoms with Gasteiger partial charge in [-0.2, -0.15) is 0 Å². The predicted octanol–water partition coefficient (Wildman–Crippen LogP) is -1.14. The highest BCUT2D eigenvalue weighted by atomic mass is 16.8. The second-order valence-corrected chi connectivity index (χ2v) is 1.67. The summed E-state index contributed by atoms with van der Waals surface area (Å²) in [5.74, 6) is -2.31. The van der Waals surface area contributed by atoms with Crippen LogP contribution in [-0.2, 0) is 4.74 Å². The Bertz CT molecular complexity index is 65.8. The molecule has 0 saturated carbocycles. The smallest absolute Gasteiger partial charge is 0.278 e. The third kappa shape index (κ3) is 7.84. The molecule has 0 atom stereocenters. The molecule has 0 aliphatic rings. The maximum atomic E-state index is 8.38. The van der Waals surface area contributed by atoms with Crippen LogP contribution in [0, 0.1) is 6.92 Å². The number of ether oxygens (including phenoxy) is 1. The molecule has 0 heterocycles. The molecule has 0 spiro atoms. The van der Waals surface area contributed by atoms with E-state index in [0.717, 1.165) is 0 Å². The first kappa shape index (κ1) is 8.84. The lowest BCUT2D eigenvalue weighted by molar-refractivity contribution is -0.305. The molecule has 0 unspecified atom stereocenters. The lowest BCUT2D eigenvalue weighted by atomic mass is 10.5. The van der Waals surface area contributed by atoms with E-state index in [4.69, 9.17) is 15.3 Å². The van der Waals surface area contributed by atoms with Gasteiger partial charge in [0.15, 0.2) is 0 Å². The Kier molecular flexibility index (Phi) is 3.72. The molecule has 0 aromatic rings. The van der Waals surface area contributed by atoms with Crippen molar-refractivity contribution in [3.05, 3.63) is 6.92 Å². The van der Waals surface area contributed by atoms with Crippen molar-refractivity contribution < 1.29 is 20.1 Å². The van der Waals surface area contributed by atoms with Crippen molar-refractivity contribution in [2.75, 3.05) is 13.2 Å². The lowest BCUT2D eigenvalue weighted by Crippen LogP contribution is -2.28. The summed E-state index contributed by atoms with van der Waals surface area (Å²) in [7, 11) is 0. The average Bonchev–Trinajstić information content (AvgIpc) is 1.63. The van der Waals surface area contributed by atoms with Gasteiger partial charge in [0.2, 0.25) is 0 Å². The monoisotopic (exact) mass is 135 g/mol. The molecule has 4 heteroatoms. The van der Waals surface area contributed by atoms with Gasteiger partial charge in [-0.3, -0.25) is 0 Å². The van der Waals surface area contributed by atoms with Crippen molar-refractivity contribution >= 4 is 0 Å². The molecule has 55 valence electrons. The van der Waals surface area contributed by atoms with Crippen molar-refractivity contribution in [3.8, 4) is 0 Å². The number of hydrogen-bond donors (Lipinski definition) is 3. The minimum atomic E-state index is -2.31. The SMILES string of the molecule is [CH2]C(O)(O)OCCCO. The van der Waals surface area contributed by atoms with Crippen LogP contribution in [0.5, 0.6) is 0 Å². The molecule has 9 heavy (non-hydrogen) atoms. The Hall–Kier alpha value is -0.160. The number of rotatable bonds is 4. The molecule has 0 amide bonds. The van der Waals surface area contributed by atoms with Gasteiger partial charge in [-0.25, -0.2) is 0 Å². The van der Waals surface area contributed by atoms with Gasteiger partial charge < -0.3 is 20.1 Å². The van der Waals surface area contributed by atoms with Crippen LogP contribution in [0.1, 0.15) is 6.42 Å². The van der Waals surface area contributed by atoms with Crippen LogP contribution in [-0.4, -0.2) is 34.5 Å². The van der Waals surface area contributed by atoms with E-state index in [1.54, 1.807) is 0 Å². The molecular formula is C5H11O4. The highest BCUT2D eigenvalue weighted by Gasteiger charge is 2.13. The normalized spacial score (nSPS) is 12.0. The van der Waals surface area contributed by atoms with Crippen LogP contribution < -0.4 is 0 Å². The topological polar surface area (TPSA) is 69.9 Å². The fourth-order valence-electron chi connectivity index (χ4n) is 0.300. The summed E-state index contributed by atoms with van der Waals surface area (Å²) >= 11 is 0. The minimum Gasteiger partial charge on any atom is -0.396 e. The van der Waals surface area contributed by atoms with Crippen LogP contribution in [0.25, 0.3) is 0 Å².